The van der Waals surface area contributed by atoms with Gasteiger partial charge in [0.1, 0.15) is 12.4 Å². The first-order valence-corrected chi connectivity index (χ1v) is 10.1. The van der Waals surface area contributed by atoms with Crippen LogP contribution in [0, 0.1) is 5.92 Å². The third kappa shape index (κ3) is 7.51. The van der Waals surface area contributed by atoms with E-state index in [1.165, 1.54) is 5.56 Å². The van der Waals surface area contributed by atoms with Gasteiger partial charge in [0, 0.05) is 32.7 Å². The minimum atomic E-state index is 0. The molecule has 6 heteroatoms. The van der Waals surface area contributed by atoms with Gasteiger partial charge in [0.2, 0.25) is 0 Å². The Labute approximate surface area is 191 Å². The molecule has 1 heterocycles. The zero-order valence-corrected chi connectivity index (χ0v) is 19.7. The number of rotatable bonds is 8. The highest BCUT2D eigenvalue weighted by Crippen LogP contribution is 2.16. The lowest BCUT2D eigenvalue weighted by molar-refractivity contribution is 0.181. The van der Waals surface area contributed by atoms with Crippen molar-refractivity contribution in [3.05, 3.63) is 65.7 Å². The first-order chi connectivity index (χ1) is 13.8. The Hall–Kier alpha value is -1.80. The fraction of sp³-hybridized carbons (Fsp3) is 0.435. The van der Waals surface area contributed by atoms with Crippen LogP contribution in [0.25, 0.3) is 0 Å². The molecule has 1 aliphatic rings. The summed E-state index contributed by atoms with van der Waals surface area (Å²) in [6, 6.07) is 18.3. The predicted octanol–water partition coefficient (Wildman–Crippen LogP) is 4.32. The summed E-state index contributed by atoms with van der Waals surface area (Å²) in [6.45, 7) is 6.81. The lowest BCUT2D eigenvalue weighted by Gasteiger charge is -2.24. The third-order valence-corrected chi connectivity index (χ3v) is 4.91. The fourth-order valence-corrected chi connectivity index (χ4v) is 3.36. The van der Waals surface area contributed by atoms with E-state index in [9.17, 15) is 0 Å². The molecule has 2 aromatic carbocycles. The Morgan fingerprint density at radius 2 is 1.86 bits per heavy atom. The summed E-state index contributed by atoms with van der Waals surface area (Å²) in [5, 5.41) is 3.41. The molecule has 1 atom stereocenters. The molecule has 1 unspecified atom stereocenters. The molecular weight excluding hydrogens is 477 g/mol. The van der Waals surface area contributed by atoms with Gasteiger partial charge in [-0.15, -0.1) is 24.0 Å². The fourth-order valence-electron chi connectivity index (χ4n) is 3.36. The van der Waals surface area contributed by atoms with Crippen LogP contribution in [-0.2, 0) is 17.9 Å². The minimum absolute atomic E-state index is 0. The first kappa shape index (κ1) is 23.5. The van der Waals surface area contributed by atoms with Gasteiger partial charge in [-0.3, -0.25) is 0 Å². The largest absolute Gasteiger partial charge is 0.489 e. The van der Waals surface area contributed by atoms with E-state index >= 15 is 0 Å². The van der Waals surface area contributed by atoms with Crippen LogP contribution in [0.15, 0.2) is 59.6 Å². The molecule has 1 aliphatic heterocycles. The van der Waals surface area contributed by atoms with Gasteiger partial charge in [-0.05, 0) is 36.6 Å². The standard InChI is InChI=1S/C23H31N3O2.HI/c1-3-24-23(26(2)16-19-13-14-27-17-19)25-15-20-9-7-8-10-21(20)18-28-22-11-5-4-6-12-22;/h4-12,19H,3,13-18H2,1-2H3,(H,24,25);1H. The van der Waals surface area contributed by atoms with Crippen LogP contribution in [-0.4, -0.2) is 44.2 Å². The summed E-state index contributed by atoms with van der Waals surface area (Å²) >= 11 is 0. The van der Waals surface area contributed by atoms with Crippen LogP contribution < -0.4 is 10.1 Å². The molecule has 0 aliphatic carbocycles. The van der Waals surface area contributed by atoms with Crippen LogP contribution in [0.2, 0.25) is 0 Å². The normalized spacial score (nSPS) is 16.2. The Balaban J connectivity index is 0.00000300. The van der Waals surface area contributed by atoms with Crippen molar-refractivity contribution >= 4 is 29.9 Å². The molecule has 2 aromatic rings. The molecule has 3 rings (SSSR count). The van der Waals surface area contributed by atoms with Crippen LogP contribution >= 0.6 is 24.0 Å². The van der Waals surface area contributed by atoms with Crippen LogP contribution in [0.3, 0.4) is 0 Å². The Morgan fingerprint density at radius 1 is 1.14 bits per heavy atom. The van der Waals surface area contributed by atoms with E-state index in [4.69, 9.17) is 14.5 Å². The summed E-state index contributed by atoms with van der Waals surface area (Å²) in [5.41, 5.74) is 2.35. The number of para-hydroxylation sites is 1. The SMILES string of the molecule is CCNC(=NCc1ccccc1COc1ccccc1)N(C)CC1CCOC1.I. The molecule has 5 nitrogen and oxygen atoms in total. The maximum Gasteiger partial charge on any atom is 0.193 e. The van der Waals surface area contributed by atoms with E-state index in [1.807, 2.05) is 36.4 Å². The van der Waals surface area contributed by atoms with Crippen molar-refractivity contribution in [3.63, 3.8) is 0 Å². The van der Waals surface area contributed by atoms with Gasteiger partial charge in [0.15, 0.2) is 5.96 Å². The number of hydrogen-bond acceptors (Lipinski definition) is 3. The number of halogens is 1. The highest BCUT2D eigenvalue weighted by atomic mass is 127. The molecule has 0 spiro atoms. The second kappa shape index (κ2) is 12.7. The van der Waals surface area contributed by atoms with Gasteiger partial charge in [0.05, 0.1) is 13.2 Å². The Bertz CT molecular complexity index is 749. The van der Waals surface area contributed by atoms with Gasteiger partial charge in [-0.25, -0.2) is 4.99 Å². The van der Waals surface area contributed by atoms with Crippen LogP contribution in [0.4, 0.5) is 0 Å². The second-order valence-corrected chi connectivity index (χ2v) is 7.15. The van der Waals surface area contributed by atoms with E-state index in [-0.39, 0.29) is 24.0 Å². The van der Waals surface area contributed by atoms with E-state index < -0.39 is 0 Å². The highest BCUT2D eigenvalue weighted by molar-refractivity contribution is 14.0. The maximum atomic E-state index is 5.93. The zero-order chi connectivity index (χ0) is 19.6. The van der Waals surface area contributed by atoms with Crippen molar-refractivity contribution in [2.45, 2.75) is 26.5 Å². The zero-order valence-electron chi connectivity index (χ0n) is 17.3. The topological polar surface area (TPSA) is 46.1 Å². The van der Waals surface area contributed by atoms with E-state index in [0.29, 0.717) is 19.1 Å². The van der Waals surface area contributed by atoms with Crippen molar-refractivity contribution in [2.75, 3.05) is 33.4 Å². The molecule has 1 N–H and O–H groups in total. The number of benzene rings is 2. The highest BCUT2D eigenvalue weighted by Gasteiger charge is 2.19. The third-order valence-electron chi connectivity index (χ3n) is 4.91. The number of aliphatic imine (C=N–C) groups is 1. The summed E-state index contributed by atoms with van der Waals surface area (Å²) < 4.78 is 11.4. The molecule has 0 amide bonds. The smallest absolute Gasteiger partial charge is 0.193 e. The maximum absolute atomic E-state index is 5.93. The lowest BCUT2D eigenvalue weighted by Crippen LogP contribution is -2.41. The number of guanidine groups is 1. The van der Waals surface area contributed by atoms with Crippen LogP contribution in [0.5, 0.6) is 5.75 Å². The molecule has 0 bridgehead atoms. The Morgan fingerprint density at radius 3 is 2.55 bits per heavy atom. The predicted molar refractivity (Wildman–Crippen MR) is 129 cm³/mol. The van der Waals surface area contributed by atoms with Gasteiger partial charge in [-0.1, -0.05) is 42.5 Å². The van der Waals surface area contributed by atoms with Gasteiger partial charge in [0.25, 0.3) is 0 Å². The molecule has 1 saturated heterocycles. The summed E-state index contributed by atoms with van der Waals surface area (Å²) in [5.74, 6) is 2.40. The van der Waals surface area contributed by atoms with Crippen molar-refractivity contribution < 1.29 is 9.47 Å². The van der Waals surface area contributed by atoms with Crippen molar-refractivity contribution in [3.8, 4) is 5.75 Å². The summed E-state index contributed by atoms with van der Waals surface area (Å²) in [6.07, 6.45) is 1.13. The number of nitrogens with one attached hydrogen (secondary N) is 1. The molecule has 0 saturated carbocycles. The van der Waals surface area contributed by atoms with Gasteiger partial charge < -0.3 is 19.7 Å². The van der Waals surface area contributed by atoms with Gasteiger partial charge in [-0.2, -0.15) is 0 Å². The summed E-state index contributed by atoms with van der Waals surface area (Å²) in [7, 11) is 2.10. The molecule has 0 aromatic heterocycles. The Kier molecular flexibility index (Phi) is 10.3. The van der Waals surface area contributed by atoms with E-state index in [2.05, 4.69) is 42.4 Å². The molecule has 29 heavy (non-hydrogen) atoms. The van der Waals surface area contributed by atoms with E-state index in [0.717, 1.165) is 50.0 Å². The number of ether oxygens (including phenoxy) is 2. The molecule has 1 fully saturated rings. The molecule has 0 radical (unpaired) electrons. The summed E-state index contributed by atoms with van der Waals surface area (Å²) in [4.78, 5) is 7.09. The quantitative estimate of drug-likeness (QED) is 0.327. The minimum Gasteiger partial charge on any atom is -0.489 e. The van der Waals surface area contributed by atoms with Crippen LogP contribution in [0.1, 0.15) is 24.5 Å². The average molecular weight is 509 g/mol. The second-order valence-electron chi connectivity index (χ2n) is 7.15. The average Bonchev–Trinajstić information content (AvgIpc) is 3.24. The first-order valence-electron chi connectivity index (χ1n) is 10.1. The lowest BCUT2D eigenvalue weighted by atomic mass is 10.1. The van der Waals surface area contributed by atoms with Gasteiger partial charge >= 0.3 is 0 Å². The number of nitrogens with zero attached hydrogens (tertiary/aromatic N) is 2. The molecular formula is C23H32IN3O2. The molecule has 158 valence electrons. The van der Waals surface area contributed by atoms with Crippen molar-refractivity contribution in [2.24, 2.45) is 10.9 Å². The monoisotopic (exact) mass is 509 g/mol. The van der Waals surface area contributed by atoms with Crippen molar-refractivity contribution in [1.82, 2.24) is 10.2 Å². The number of hydrogen-bond donors (Lipinski definition) is 1. The van der Waals surface area contributed by atoms with E-state index in [1.54, 1.807) is 0 Å². The van der Waals surface area contributed by atoms with Crippen molar-refractivity contribution in [1.29, 1.82) is 0 Å².